The minimum absolute atomic E-state index is 0.170. The van der Waals surface area contributed by atoms with E-state index in [9.17, 15) is 4.79 Å². The number of oxazole rings is 1. The Labute approximate surface area is 149 Å². The van der Waals surface area contributed by atoms with Crippen LogP contribution in [0.25, 0.3) is 11.1 Å². The molecule has 0 saturated carbocycles. The Hall–Kier alpha value is -3.67. The van der Waals surface area contributed by atoms with E-state index in [0.717, 1.165) is 22.4 Å². The van der Waals surface area contributed by atoms with Gasteiger partial charge in [-0.05, 0) is 42.0 Å². The second-order valence-corrected chi connectivity index (χ2v) is 5.73. The van der Waals surface area contributed by atoms with E-state index in [0.29, 0.717) is 18.1 Å². The number of carbonyl (C=O) groups is 1. The zero-order valence-electron chi connectivity index (χ0n) is 13.8. The second kappa shape index (κ2) is 7.06. The normalized spacial score (nSPS) is 10.6. The van der Waals surface area contributed by atoms with E-state index in [2.05, 4.69) is 20.6 Å². The van der Waals surface area contributed by atoms with Gasteiger partial charge >= 0.3 is 0 Å². The van der Waals surface area contributed by atoms with Crippen molar-refractivity contribution in [1.82, 2.24) is 9.97 Å². The number of amides is 1. The Balaban J connectivity index is 1.43. The van der Waals surface area contributed by atoms with Crippen molar-refractivity contribution < 1.29 is 9.21 Å². The van der Waals surface area contributed by atoms with Gasteiger partial charge in [-0.1, -0.05) is 24.3 Å². The maximum absolute atomic E-state index is 12.2. The van der Waals surface area contributed by atoms with Crippen LogP contribution in [0.4, 0.5) is 11.7 Å². The summed E-state index contributed by atoms with van der Waals surface area (Å²) in [5.41, 5.74) is 3.85. The number of benzene rings is 2. The van der Waals surface area contributed by atoms with Crippen molar-refractivity contribution in [2.45, 2.75) is 6.54 Å². The summed E-state index contributed by atoms with van der Waals surface area (Å²) >= 11 is 0. The van der Waals surface area contributed by atoms with Crippen LogP contribution in [-0.4, -0.2) is 15.9 Å². The summed E-state index contributed by atoms with van der Waals surface area (Å²) in [4.78, 5) is 20.5. The number of rotatable bonds is 5. The maximum Gasteiger partial charge on any atom is 0.295 e. The van der Waals surface area contributed by atoms with Crippen molar-refractivity contribution in [1.29, 1.82) is 0 Å². The summed E-state index contributed by atoms with van der Waals surface area (Å²) in [5, 5.41) is 6.05. The lowest BCUT2D eigenvalue weighted by Crippen LogP contribution is -2.12. The molecule has 0 radical (unpaired) electrons. The number of nitrogens with one attached hydrogen (secondary N) is 2. The quantitative estimate of drug-likeness (QED) is 0.570. The molecule has 0 aliphatic rings. The number of anilines is 2. The minimum Gasteiger partial charge on any atom is -0.424 e. The minimum atomic E-state index is -0.170. The highest BCUT2D eigenvalue weighted by atomic mass is 16.4. The highest BCUT2D eigenvalue weighted by Gasteiger charge is 2.07. The first-order chi connectivity index (χ1) is 12.8. The van der Waals surface area contributed by atoms with Gasteiger partial charge in [-0.15, -0.1) is 0 Å². The lowest BCUT2D eigenvalue weighted by molar-refractivity contribution is 0.102. The molecule has 6 nitrogen and oxygen atoms in total. The average molecular weight is 344 g/mol. The van der Waals surface area contributed by atoms with Gasteiger partial charge in [0, 0.05) is 30.2 Å². The van der Waals surface area contributed by atoms with Gasteiger partial charge in [0.2, 0.25) is 0 Å². The monoisotopic (exact) mass is 344 g/mol. The molecule has 2 aromatic heterocycles. The van der Waals surface area contributed by atoms with Crippen molar-refractivity contribution in [3.05, 3.63) is 84.2 Å². The third-order valence-corrected chi connectivity index (χ3v) is 3.86. The van der Waals surface area contributed by atoms with Crippen molar-refractivity contribution in [2.24, 2.45) is 0 Å². The van der Waals surface area contributed by atoms with Gasteiger partial charge in [0.05, 0.1) is 0 Å². The smallest absolute Gasteiger partial charge is 0.295 e. The molecule has 2 aromatic carbocycles. The Morgan fingerprint density at radius 3 is 2.69 bits per heavy atom. The highest BCUT2D eigenvalue weighted by molar-refractivity contribution is 6.04. The van der Waals surface area contributed by atoms with Crippen LogP contribution in [0.5, 0.6) is 0 Å². The first-order valence-corrected chi connectivity index (χ1v) is 8.18. The van der Waals surface area contributed by atoms with Gasteiger partial charge < -0.3 is 15.1 Å². The Morgan fingerprint density at radius 2 is 1.85 bits per heavy atom. The molecule has 0 fully saturated rings. The first kappa shape index (κ1) is 15.8. The molecule has 0 unspecified atom stereocenters. The summed E-state index contributed by atoms with van der Waals surface area (Å²) in [6.45, 7) is 0.534. The van der Waals surface area contributed by atoms with Crippen molar-refractivity contribution in [3.63, 3.8) is 0 Å². The van der Waals surface area contributed by atoms with Crippen LogP contribution in [0, 0.1) is 0 Å². The largest absolute Gasteiger partial charge is 0.424 e. The van der Waals surface area contributed by atoms with Gasteiger partial charge in [-0.3, -0.25) is 9.78 Å². The van der Waals surface area contributed by atoms with Crippen LogP contribution < -0.4 is 10.6 Å². The molecule has 0 aliphatic heterocycles. The predicted octanol–water partition coefficient (Wildman–Crippen LogP) is 4.09. The molecular formula is C20H16N4O2. The zero-order chi connectivity index (χ0) is 17.8. The fraction of sp³-hybridized carbons (Fsp3) is 0.0500. The molecular weight excluding hydrogens is 328 g/mol. The summed E-state index contributed by atoms with van der Waals surface area (Å²) in [7, 11) is 0. The third kappa shape index (κ3) is 3.54. The summed E-state index contributed by atoms with van der Waals surface area (Å²) in [5.74, 6) is -0.170. The topological polar surface area (TPSA) is 80.0 Å². The van der Waals surface area contributed by atoms with E-state index in [1.165, 1.54) is 0 Å². The summed E-state index contributed by atoms with van der Waals surface area (Å²) in [6, 6.07) is 19.1. The number of hydrogen-bond donors (Lipinski definition) is 2. The predicted molar refractivity (Wildman–Crippen MR) is 100.0 cm³/mol. The number of nitrogens with zero attached hydrogens (tertiary/aromatic N) is 2. The number of carbonyl (C=O) groups excluding carboxylic acids is 1. The molecule has 2 heterocycles. The molecule has 6 heteroatoms. The molecule has 2 N–H and O–H groups in total. The lowest BCUT2D eigenvalue weighted by atomic mass is 10.2. The van der Waals surface area contributed by atoms with E-state index >= 15 is 0 Å². The number of aromatic nitrogens is 2. The Kier molecular flexibility index (Phi) is 4.30. The van der Waals surface area contributed by atoms with E-state index in [-0.39, 0.29) is 5.91 Å². The van der Waals surface area contributed by atoms with Crippen LogP contribution in [0.1, 0.15) is 15.9 Å². The van der Waals surface area contributed by atoms with Gasteiger partial charge in [0.15, 0.2) is 5.58 Å². The fourth-order valence-corrected chi connectivity index (χ4v) is 2.59. The number of hydrogen-bond acceptors (Lipinski definition) is 5. The molecule has 4 rings (SSSR count). The molecule has 0 aliphatic carbocycles. The van der Waals surface area contributed by atoms with Crippen LogP contribution in [0.3, 0.4) is 0 Å². The van der Waals surface area contributed by atoms with Crippen LogP contribution >= 0.6 is 0 Å². The molecule has 0 saturated heterocycles. The van der Waals surface area contributed by atoms with Gasteiger partial charge in [0.1, 0.15) is 5.52 Å². The maximum atomic E-state index is 12.2. The van der Waals surface area contributed by atoms with Gasteiger partial charge in [-0.2, -0.15) is 4.98 Å². The van der Waals surface area contributed by atoms with Crippen LogP contribution in [0.15, 0.2) is 77.5 Å². The van der Waals surface area contributed by atoms with Crippen LogP contribution in [0.2, 0.25) is 0 Å². The SMILES string of the molecule is O=C(Nc1cccc(CNc2nc3ccccc3o2)c1)c1ccncc1. The van der Waals surface area contributed by atoms with Crippen molar-refractivity contribution >= 4 is 28.7 Å². The first-order valence-electron chi connectivity index (χ1n) is 8.18. The fourth-order valence-electron chi connectivity index (χ4n) is 2.59. The lowest BCUT2D eigenvalue weighted by Gasteiger charge is -2.08. The number of para-hydroxylation sites is 2. The standard InChI is InChI=1S/C20H16N4O2/c25-19(15-8-10-21-11-9-15)23-16-5-3-4-14(12-16)13-22-20-24-17-6-1-2-7-18(17)26-20/h1-12H,13H2,(H,22,24)(H,23,25). The number of pyridine rings is 1. The van der Waals surface area contributed by atoms with E-state index in [1.807, 2.05) is 48.5 Å². The Bertz CT molecular complexity index is 1010. The second-order valence-electron chi connectivity index (χ2n) is 5.73. The third-order valence-electron chi connectivity index (χ3n) is 3.86. The van der Waals surface area contributed by atoms with Gasteiger partial charge in [-0.25, -0.2) is 0 Å². The summed E-state index contributed by atoms with van der Waals surface area (Å²) < 4.78 is 5.64. The molecule has 0 atom stereocenters. The zero-order valence-corrected chi connectivity index (χ0v) is 13.8. The van der Waals surface area contributed by atoms with Crippen molar-refractivity contribution in [2.75, 3.05) is 10.6 Å². The Morgan fingerprint density at radius 1 is 1.00 bits per heavy atom. The molecule has 1 amide bonds. The molecule has 4 aromatic rings. The highest BCUT2D eigenvalue weighted by Crippen LogP contribution is 2.19. The van der Waals surface area contributed by atoms with E-state index in [4.69, 9.17) is 4.42 Å². The van der Waals surface area contributed by atoms with Gasteiger partial charge in [0.25, 0.3) is 11.9 Å². The van der Waals surface area contributed by atoms with Crippen LogP contribution in [-0.2, 0) is 6.54 Å². The van der Waals surface area contributed by atoms with E-state index < -0.39 is 0 Å². The molecule has 0 spiro atoms. The van der Waals surface area contributed by atoms with E-state index in [1.54, 1.807) is 24.5 Å². The average Bonchev–Trinajstić information content (AvgIpc) is 3.10. The molecule has 26 heavy (non-hydrogen) atoms. The summed E-state index contributed by atoms with van der Waals surface area (Å²) in [6.07, 6.45) is 3.19. The number of fused-ring (bicyclic) bond motifs is 1. The van der Waals surface area contributed by atoms with Crippen molar-refractivity contribution in [3.8, 4) is 0 Å². The molecule has 0 bridgehead atoms. The molecule has 128 valence electrons.